The highest BCUT2D eigenvalue weighted by Gasteiger charge is 2.25. The lowest BCUT2D eigenvalue weighted by molar-refractivity contribution is -0.123. The lowest BCUT2D eigenvalue weighted by Crippen LogP contribution is -2.40. The number of hydrogen-bond donors (Lipinski definition) is 0. The van der Waals surface area contributed by atoms with E-state index in [0.29, 0.717) is 17.7 Å². The Hall–Kier alpha value is -0.410. The molecule has 0 aromatic heterocycles. The molecule has 1 saturated carbocycles. The molecule has 3 heteroatoms. The molecule has 2 fully saturated rings. The van der Waals surface area contributed by atoms with Crippen molar-refractivity contribution in [3.63, 3.8) is 0 Å². The van der Waals surface area contributed by atoms with E-state index in [1.54, 1.807) is 0 Å². The van der Waals surface area contributed by atoms with Crippen LogP contribution < -0.4 is 0 Å². The summed E-state index contributed by atoms with van der Waals surface area (Å²) in [5, 5.41) is 0. The molecule has 1 heterocycles. The van der Waals surface area contributed by atoms with Crippen molar-refractivity contribution in [2.24, 2.45) is 5.92 Å². The van der Waals surface area contributed by atoms with Gasteiger partial charge in [-0.3, -0.25) is 4.79 Å². The van der Waals surface area contributed by atoms with Crippen LogP contribution in [0.1, 0.15) is 44.9 Å². The first kappa shape index (κ1) is 13.0. The Morgan fingerprint density at radius 3 is 2.71 bits per heavy atom. The van der Waals surface area contributed by atoms with Gasteiger partial charge in [-0.15, -0.1) is 0 Å². The van der Waals surface area contributed by atoms with Crippen LogP contribution in [0.25, 0.3) is 0 Å². The number of carbonyl (C=O) groups is 1. The van der Waals surface area contributed by atoms with Crippen molar-refractivity contribution in [3.8, 4) is 0 Å². The van der Waals surface area contributed by atoms with Crippen molar-refractivity contribution < 1.29 is 9.53 Å². The predicted molar refractivity (Wildman–Crippen MR) is 68.1 cm³/mol. The minimum atomic E-state index is 0.297. The molecule has 0 bridgehead atoms. The fourth-order valence-corrected chi connectivity index (χ4v) is 3.05. The molecule has 0 radical (unpaired) electrons. The number of carbonyl (C=O) groups excluding carboxylic acids is 1. The summed E-state index contributed by atoms with van der Waals surface area (Å²) >= 11 is 0. The Kier molecular flexibility index (Phi) is 4.99. The minimum Gasteiger partial charge on any atom is -0.381 e. The van der Waals surface area contributed by atoms with Crippen LogP contribution in [0.3, 0.4) is 0 Å². The third-order valence-corrected chi connectivity index (χ3v) is 4.25. The highest BCUT2D eigenvalue weighted by atomic mass is 16.5. The number of ketones is 1. The van der Waals surface area contributed by atoms with E-state index in [2.05, 4.69) is 11.9 Å². The molecular weight excluding hydrogens is 214 g/mol. The zero-order valence-corrected chi connectivity index (χ0v) is 11.0. The van der Waals surface area contributed by atoms with Crippen molar-refractivity contribution >= 4 is 5.78 Å². The van der Waals surface area contributed by atoms with E-state index in [9.17, 15) is 4.79 Å². The molecule has 1 aliphatic carbocycles. The fourth-order valence-electron chi connectivity index (χ4n) is 3.05. The monoisotopic (exact) mass is 239 g/mol. The summed E-state index contributed by atoms with van der Waals surface area (Å²) in [4.78, 5) is 14.4. The zero-order valence-electron chi connectivity index (χ0n) is 11.0. The van der Waals surface area contributed by atoms with Gasteiger partial charge in [-0.2, -0.15) is 0 Å². The Labute approximate surface area is 105 Å². The van der Waals surface area contributed by atoms with Gasteiger partial charge in [0, 0.05) is 38.1 Å². The van der Waals surface area contributed by atoms with Gasteiger partial charge in [0.25, 0.3) is 0 Å². The lowest BCUT2D eigenvalue weighted by atomic mass is 9.97. The molecule has 1 aliphatic heterocycles. The maximum absolute atomic E-state index is 12.0. The average molecular weight is 239 g/mol. The van der Waals surface area contributed by atoms with E-state index in [0.717, 1.165) is 51.9 Å². The van der Waals surface area contributed by atoms with Crippen LogP contribution in [0, 0.1) is 5.92 Å². The van der Waals surface area contributed by atoms with Crippen LogP contribution in [0.2, 0.25) is 0 Å². The quantitative estimate of drug-likeness (QED) is 0.707. The maximum atomic E-state index is 12.0. The Morgan fingerprint density at radius 1 is 1.18 bits per heavy atom. The Balaban J connectivity index is 1.83. The summed E-state index contributed by atoms with van der Waals surface area (Å²) in [5.41, 5.74) is 0. The highest BCUT2D eigenvalue weighted by molar-refractivity contribution is 5.81. The first-order valence-corrected chi connectivity index (χ1v) is 7.08. The summed E-state index contributed by atoms with van der Waals surface area (Å²) in [6.07, 6.45) is 7.74. The number of hydrogen-bond acceptors (Lipinski definition) is 3. The standard InChI is InChI=1S/C14H25NO2/c1-15(13-7-9-17-10-8-13)11-12-5-3-2-4-6-14(12)16/h12-13H,2-11H2,1H3. The van der Waals surface area contributed by atoms with Crippen LogP contribution in [0.15, 0.2) is 0 Å². The summed E-state index contributed by atoms with van der Waals surface area (Å²) in [6.45, 7) is 2.73. The molecule has 1 saturated heterocycles. The van der Waals surface area contributed by atoms with Gasteiger partial charge in [-0.25, -0.2) is 0 Å². The van der Waals surface area contributed by atoms with Gasteiger partial charge < -0.3 is 9.64 Å². The van der Waals surface area contributed by atoms with E-state index in [4.69, 9.17) is 4.74 Å². The van der Waals surface area contributed by atoms with Gasteiger partial charge in [0.15, 0.2) is 0 Å². The molecule has 0 amide bonds. The van der Waals surface area contributed by atoms with Crippen LogP contribution in [-0.4, -0.2) is 43.5 Å². The number of Topliss-reactive ketones (excluding diaryl/α,β-unsaturated/α-hetero) is 1. The van der Waals surface area contributed by atoms with Crippen molar-refractivity contribution in [1.29, 1.82) is 0 Å². The largest absolute Gasteiger partial charge is 0.381 e. The van der Waals surface area contributed by atoms with Gasteiger partial charge in [0.05, 0.1) is 0 Å². The molecule has 3 nitrogen and oxygen atoms in total. The van der Waals surface area contributed by atoms with Crippen molar-refractivity contribution in [3.05, 3.63) is 0 Å². The second kappa shape index (κ2) is 6.50. The van der Waals surface area contributed by atoms with Gasteiger partial charge in [-0.05, 0) is 32.7 Å². The second-order valence-electron chi connectivity index (χ2n) is 5.55. The van der Waals surface area contributed by atoms with Gasteiger partial charge in [0.1, 0.15) is 5.78 Å². The summed E-state index contributed by atoms with van der Waals surface area (Å²) in [7, 11) is 2.17. The topological polar surface area (TPSA) is 29.5 Å². The minimum absolute atomic E-state index is 0.297. The van der Waals surface area contributed by atoms with E-state index in [1.807, 2.05) is 0 Å². The van der Waals surface area contributed by atoms with Crippen LogP contribution in [0.5, 0.6) is 0 Å². The third kappa shape index (κ3) is 3.78. The SMILES string of the molecule is CN(CC1CCCCCC1=O)C1CCOCC1. The molecule has 0 N–H and O–H groups in total. The molecule has 0 spiro atoms. The van der Waals surface area contributed by atoms with Crippen LogP contribution >= 0.6 is 0 Å². The predicted octanol–water partition coefficient (Wildman–Crippen LogP) is 2.25. The summed E-state index contributed by atoms with van der Waals surface area (Å²) in [6, 6.07) is 0.625. The van der Waals surface area contributed by atoms with Gasteiger partial charge in [0.2, 0.25) is 0 Å². The zero-order chi connectivity index (χ0) is 12.1. The third-order valence-electron chi connectivity index (χ3n) is 4.25. The molecule has 0 aromatic carbocycles. The highest BCUT2D eigenvalue weighted by Crippen LogP contribution is 2.22. The van der Waals surface area contributed by atoms with Crippen LogP contribution in [0.4, 0.5) is 0 Å². The molecular formula is C14H25NO2. The molecule has 1 atom stereocenters. The van der Waals surface area contributed by atoms with Crippen LogP contribution in [-0.2, 0) is 9.53 Å². The number of ether oxygens (including phenoxy) is 1. The van der Waals surface area contributed by atoms with E-state index in [1.165, 1.54) is 12.8 Å². The summed E-state index contributed by atoms with van der Waals surface area (Å²) < 4.78 is 5.39. The second-order valence-corrected chi connectivity index (χ2v) is 5.55. The molecule has 0 aromatic rings. The number of rotatable bonds is 3. The first-order chi connectivity index (χ1) is 8.27. The summed E-state index contributed by atoms with van der Waals surface area (Å²) in [5.74, 6) is 0.798. The van der Waals surface area contributed by atoms with Crippen molar-refractivity contribution in [2.75, 3.05) is 26.8 Å². The number of nitrogens with zero attached hydrogens (tertiary/aromatic N) is 1. The smallest absolute Gasteiger partial charge is 0.137 e. The Bertz CT molecular complexity index is 249. The molecule has 1 unspecified atom stereocenters. The average Bonchev–Trinajstić information content (AvgIpc) is 2.56. The van der Waals surface area contributed by atoms with Gasteiger partial charge in [-0.1, -0.05) is 12.8 Å². The van der Waals surface area contributed by atoms with Gasteiger partial charge >= 0.3 is 0 Å². The van der Waals surface area contributed by atoms with Crippen molar-refractivity contribution in [1.82, 2.24) is 4.90 Å². The molecule has 17 heavy (non-hydrogen) atoms. The maximum Gasteiger partial charge on any atom is 0.137 e. The fraction of sp³-hybridized carbons (Fsp3) is 0.929. The molecule has 2 aliphatic rings. The van der Waals surface area contributed by atoms with Crippen molar-refractivity contribution in [2.45, 2.75) is 51.0 Å². The Morgan fingerprint density at radius 2 is 1.94 bits per heavy atom. The first-order valence-electron chi connectivity index (χ1n) is 7.08. The molecule has 98 valence electrons. The molecule has 2 rings (SSSR count). The van der Waals surface area contributed by atoms with E-state index < -0.39 is 0 Å². The van der Waals surface area contributed by atoms with E-state index in [-0.39, 0.29) is 0 Å². The lowest BCUT2D eigenvalue weighted by Gasteiger charge is -2.33. The van der Waals surface area contributed by atoms with E-state index >= 15 is 0 Å². The normalized spacial score (nSPS) is 28.4.